The highest BCUT2D eigenvalue weighted by Crippen LogP contribution is 2.17. The number of carbonyl (C=O) groups excluding carboxylic acids is 2. The molecular formula is C48H94O5. The van der Waals surface area contributed by atoms with Crippen molar-refractivity contribution in [2.24, 2.45) is 5.92 Å². The third-order valence-corrected chi connectivity index (χ3v) is 11.0. The first-order valence-electron chi connectivity index (χ1n) is 23.9. The fourth-order valence-electron chi connectivity index (χ4n) is 7.39. The molecule has 1 N–H and O–H groups in total. The number of aliphatic hydroxyl groups is 1. The Hall–Kier alpha value is -1.10. The van der Waals surface area contributed by atoms with Crippen molar-refractivity contribution in [3.63, 3.8) is 0 Å². The second-order valence-corrected chi connectivity index (χ2v) is 17.1. The molecule has 0 aromatic heterocycles. The Morgan fingerprint density at radius 2 is 0.604 bits per heavy atom. The molecule has 0 aliphatic rings. The van der Waals surface area contributed by atoms with Gasteiger partial charge in [0.05, 0.1) is 0 Å². The molecule has 0 rings (SSSR count). The van der Waals surface area contributed by atoms with Crippen LogP contribution in [0.4, 0.5) is 0 Å². The quantitative estimate of drug-likeness (QED) is 0.0496. The molecule has 0 radical (unpaired) electrons. The third-order valence-electron chi connectivity index (χ3n) is 11.0. The highest BCUT2D eigenvalue weighted by atomic mass is 16.6. The molecule has 0 saturated heterocycles. The van der Waals surface area contributed by atoms with E-state index in [4.69, 9.17) is 9.47 Å². The van der Waals surface area contributed by atoms with Crippen LogP contribution in [0.2, 0.25) is 0 Å². The lowest BCUT2D eigenvalue weighted by molar-refractivity contribution is -0.152. The molecule has 0 spiro atoms. The van der Waals surface area contributed by atoms with Crippen LogP contribution in [-0.2, 0) is 19.1 Å². The zero-order chi connectivity index (χ0) is 38.7. The summed E-state index contributed by atoms with van der Waals surface area (Å²) >= 11 is 0. The largest absolute Gasteiger partial charge is 0.463 e. The summed E-state index contributed by atoms with van der Waals surface area (Å²) in [6, 6.07) is 0. The standard InChI is InChI=1S/C48H94O5/c1-4-5-6-7-8-9-10-11-12-13-17-20-23-26-29-32-35-38-41-47(50)52-43-46(49)44-53-48(51)42-39-36-33-30-27-24-21-18-15-14-16-19-22-25-28-31-34-37-40-45(2)3/h45-46,49H,4-44H2,1-3H3/t46-/m1/s1. The lowest BCUT2D eigenvalue weighted by Gasteiger charge is -2.12. The lowest BCUT2D eigenvalue weighted by Crippen LogP contribution is -2.25. The molecule has 0 aromatic rings. The number of rotatable bonds is 44. The van der Waals surface area contributed by atoms with Gasteiger partial charge in [-0.2, -0.15) is 0 Å². The minimum atomic E-state index is -0.956. The van der Waals surface area contributed by atoms with E-state index in [9.17, 15) is 14.7 Å². The van der Waals surface area contributed by atoms with Gasteiger partial charge in [-0.25, -0.2) is 0 Å². The van der Waals surface area contributed by atoms with Gasteiger partial charge in [-0.05, 0) is 18.8 Å². The monoisotopic (exact) mass is 751 g/mol. The minimum Gasteiger partial charge on any atom is -0.463 e. The van der Waals surface area contributed by atoms with Crippen LogP contribution >= 0.6 is 0 Å². The number of esters is 2. The Kier molecular flexibility index (Phi) is 42.7. The summed E-state index contributed by atoms with van der Waals surface area (Å²) < 4.78 is 10.4. The first-order chi connectivity index (χ1) is 26.0. The van der Waals surface area contributed by atoms with E-state index in [1.54, 1.807) is 0 Å². The molecule has 5 nitrogen and oxygen atoms in total. The van der Waals surface area contributed by atoms with Crippen LogP contribution in [0.1, 0.15) is 271 Å². The molecule has 0 heterocycles. The van der Waals surface area contributed by atoms with E-state index in [2.05, 4.69) is 20.8 Å². The maximum Gasteiger partial charge on any atom is 0.305 e. The Bertz CT molecular complexity index is 737. The molecule has 0 saturated carbocycles. The molecule has 316 valence electrons. The van der Waals surface area contributed by atoms with Crippen molar-refractivity contribution >= 4 is 11.9 Å². The van der Waals surface area contributed by atoms with Gasteiger partial charge in [0.1, 0.15) is 19.3 Å². The van der Waals surface area contributed by atoms with Crippen LogP contribution in [0, 0.1) is 5.92 Å². The van der Waals surface area contributed by atoms with Gasteiger partial charge in [0.25, 0.3) is 0 Å². The predicted molar refractivity (Wildman–Crippen MR) is 228 cm³/mol. The molecule has 0 aromatic carbocycles. The summed E-state index contributed by atoms with van der Waals surface area (Å²) in [5.74, 6) is 0.320. The van der Waals surface area contributed by atoms with E-state index >= 15 is 0 Å². The van der Waals surface area contributed by atoms with Gasteiger partial charge in [0.2, 0.25) is 0 Å². The summed E-state index contributed by atoms with van der Waals surface area (Å²) in [5, 5.41) is 10.1. The SMILES string of the molecule is CCCCCCCCCCCCCCCCCCCCC(=O)OC[C@@H](O)COC(=O)CCCCCCCCCCCCCCCCCCCCC(C)C. The van der Waals surface area contributed by atoms with Gasteiger partial charge < -0.3 is 14.6 Å². The Morgan fingerprint density at radius 3 is 0.849 bits per heavy atom. The number of hydrogen-bond donors (Lipinski definition) is 1. The number of ether oxygens (including phenoxy) is 2. The van der Waals surface area contributed by atoms with E-state index in [-0.39, 0.29) is 25.2 Å². The fourth-order valence-corrected chi connectivity index (χ4v) is 7.39. The van der Waals surface area contributed by atoms with Gasteiger partial charge in [-0.3, -0.25) is 9.59 Å². The van der Waals surface area contributed by atoms with Crippen LogP contribution in [0.5, 0.6) is 0 Å². The summed E-state index contributed by atoms with van der Waals surface area (Å²) in [4.78, 5) is 24.1. The number of carbonyl (C=O) groups is 2. The molecule has 5 heteroatoms. The molecule has 0 unspecified atom stereocenters. The van der Waals surface area contributed by atoms with E-state index in [1.807, 2.05) is 0 Å². The van der Waals surface area contributed by atoms with Gasteiger partial charge in [0.15, 0.2) is 0 Å². The van der Waals surface area contributed by atoms with Crippen molar-refractivity contribution < 1.29 is 24.2 Å². The molecule has 0 bridgehead atoms. The van der Waals surface area contributed by atoms with Crippen molar-refractivity contribution in [2.75, 3.05) is 13.2 Å². The Balaban J connectivity index is 3.34. The number of aliphatic hydroxyl groups excluding tert-OH is 1. The molecule has 0 aliphatic heterocycles. The maximum atomic E-state index is 12.0. The van der Waals surface area contributed by atoms with Crippen LogP contribution in [0.25, 0.3) is 0 Å². The Labute approximate surface area is 331 Å². The Morgan fingerprint density at radius 1 is 0.377 bits per heavy atom. The normalized spacial score (nSPS) is 12.1. The van der Waals surface area contributed by atoms with E-state index in [1.165, 1.54) is 212 Å². The zero-order valence-corrected chi connectivity index (χ0v) is 36.2. The maximum absolute atomic E-state index is 12.0. The highest BCUT2D eigenvalue weighted by Gasteiger charge is 2.12. The third kappa shape index (κ3) is 45.2. The first-order valence-corrected chi connectivity index (χ1v) is 23.9. The lowest BCUT2D eigenvalue weighted by atomic mass is 10.0. The molecule has 1 atom stereocenters. The molecule has 0 amide bonds. The first kappa shape index (κ1) is 51.9. The van der Waals surface area contributed by atoms with Crippen LogP contribution < -0.4 is 0 Å². The van der Waals surface area contributed by atoms with E-state index in [0.717, 1.165) is 31.6 Å². The summed E-state index contributed by atoms with van der Waals surface area (Å²) in [7, 11) is 0. The average molecular weight is 751 g/mol. The zero-order valence-electron chi connectivity index (χ0n) is 36.2. The van der Waals surface area contributed by atoms with Crippen molar-refractivity contribution in [3.05, 3.63) is 0 Å². The smallest absolute Gasteiger partial charge is 0.305 e. The van der Waals surface area contributed by atoms with E-state index in [0.29, 0.717) is 12.8 Å². The van der Waals surface area contributed by atoms with Crippen LogP contribution in [-0.4, -0.2) is 36.4 Å². The number of unbranched alkanes of at least 4 members (excludes halogenated alkanes) is 34. The number of hydrogen-bond acceptors (Lipinski definition) is 5. The molecule has 0 aliphatic carbocycles. The van der Waals surface area contributed by atoms with Gasteiger partial charge in [-0.15, -0.1) is 0 Å². The predicted octanol–water partition coefficient (Wildman–Crippen LogP) is 15.3. The van der Waals surface area contributed by atoms with Gasteiger partial charge >= 0.3 is 11.9 Å². The fraction of sp³-hybridized carbons (Fsp3) is 0.958. The van der Waals surface area contributed by atoms with Crippen LogP contribution in [0.3, 0.4) is 0 Å². The highest BCUT2D eigenvalue weighted by molar-refractivity contribution is 5.69. The summed E-state index contributed by atoms with van der Waals surface area (Å²) in [5.41, 5.74) is 0. The summed E-state index contributed by atoms with van der Waals surface area (Å²) in [6.45, 7) is 6.72. The van der Waals surface area contributed by atoms with Crippen LogP contribution in [0.15, 0.2) is 0 Å². The molecular weight excluding hydrogens is 657 g/mol. The van der Waals surface area contributed by atoms with Gasteiger partial charge in [0, 0.05) is 12.8 Å². The second kappa shape index (κ2) is 43.6. The molecule has 53 heavy (non-hydrogen) atoms. The average Bonchev–Trinajstić information content (AvgIpc) is 3.14. The topological polar surface area (TPSA) is 72.8 Å². The molecule has 0 fully saturated rings. The minimum absolute atomic E-state index is 0.107. The van der Waals surface area contributed by atoms with Gasteiger partial charge in [-0.1, -0.05) is 245 Å². The second-order valence-electron chi connectivity index (χ2n) is 17.1. The van der Waals surface area contributed by atoms with Crippen molar-refractivity contribution in [1.82, 2.24) is 0 Å². The summed E-state index contributed by atoms with van der Waals surface area (Å²) in [6.07, 6.45) is 48.9. The van der Waals surface area contributed by atoms with E-state index < -0.39 is 6.10 Å². The van der Waals surface area contributed by atoms with Crippen molar-refractivity contribution in [1.29, 1.82) is 0 Å². The van der Waals surface area contributed by atoms with Crippen molar-refractivity contribution in [2.45, 2.75) is 277 Å². The van der Waals surface area contributed by atoms with Crippen molar-refractivity contribution in [3.8, 4) is 0 Å².